The Morgan fingerprint density at radius 1 is 1.15 bits per heavy atom. The molecule has 0 radical (unpaired) electrons. The molecule has 1 aliphatic rings. The lowest BCUT2D eigenvalue weighted by atomic mass is 9.78. The largest absolute Gasteiger partial charge is 0.188 e. The fourth-order valence-electron chi connectivity index (χ4n) is 1.81. The van der Waals surface area contributed by atoms with Crippen LogP contribution in [0.25, 0.3) is 0 Å². The minimum Gasteiger partial charge on any atom is -0.159 e. The van der Waals surface area contributed by atoms with Crippen LogP contribution in [0.5, 0.6) is 0 Å². The van der Waals surface area contributed by atoms with Crippen molar-refractivity contribution in [1.29, 1.82) is 0 Å². The molecular formula is C11H22N2. The van der Waals surface area contributed by atoms with Crippen molar-refractivity contribution in [2.75, 3.05) is 0 Å². The summed E-state index contributed by atoms with van der Waals surface area (Å²) in [4.78, 5) is 0. The maximum atomic E-state index is 4.06. The van der Waals surface area contributed by atoms with E-state index in [9.17, 15) is 0 Å². The van der Waals surface area contributed by atoms with Gasteiger partial charge in [0.15, 0.2) is 5.66 Å². The Hall–Kier alpha value is -0.400. The van der Waals surface area contributed by atoms with E-state index in [4.69, 9.17) is 0 Å². The molecule has 0 N–H and O–H groups in total. The van der Waals surface area contributed by atoms with Gasteiger partial charge in [0, 0.05) is 0 Å². The molecule has 2 heteroatoms. The lowest BCUT2D eigenvalue weighted by molar-refractivity contribution is 0.240. The monoisotopic (exact) mass is 182 g/mol. The van der Waals surface area contributed by atoms with Crippen LogP contribution in [0.15, 0.2) is 10.2 Å². The molecule has 0 saturated heterocycles. The minimum absolute atomic E-state index is 0.00414. The molecule has 0 aliphatic carbocycles. The summed E-state index contributed by atoms with van der Waals surface area (Å²) in [5.74, 6) is 0. The topological polar surface area (TPSA) is 24.7 Å². The molecule has 1 rings (SSSR count). The van der Waals surface area contributed by atoms with Gasteiger partial charge in [0.1, 0.15) is 0 Å². The number of hydrogen-bond acceptors (Lipinski definition) is 2. The lowest BCUT2D eigenvalue weighted by Gasteiger charge is -2.28. The zero-order valence-electron chi connectivity index (χ0n) is 9.43. The summed E-state index contributed by atoms with van der Waals surface area (Å²) in [6.45, 7) is 9.07. The molecule has 1 atom stereocenters. The molecule has 2 nitrogen and oxygen atoms in total. The summed E-state index contributed by atoms with van der Waals surface area (Å²) in [5, 5.41) is 8.11. The van der Waals surface area contributed by atoms with Crippen molar-refractivity contribution in [1.82, 2.24) is 0 Å². The Morgan fingerprint density at radius 2 is 1.77 bits per heavy atom. The highest BCUT2D eigenvalue weighted by Gasteiger charge is 2.35. The van der Waals surface area contributed by atoms with Gasteiger partial charge in [-0.15, -0.1) is 0 Å². The summed E-state index contributed by atoms with van der Waals surface area (Å²) < 4.78 is 0. The average Bonchev–Trinajstić information content (AvgIpc) is 2.82. The molecule has 1 heterocycles. The SMILES string of the molecule is CCCC(C)(CC)CCC1(C)N=N1. The van der Waals surface area contributed by atoms with E-state index >= 15 is 0 Å². The van der Waals surface area contributed by atoms with Gasteiger partial charge < -0.3 is 0 Å². The Kier molecular flexibility index (Phi) is 3.09. The number of nitrogens with zero attached hydrogens (tertiary/aromatic N) is 2. The van der Waals surface area contributed by atoms with E-state index in [1.807, 2.05) is 0 Å². The summed E-state index contributed by atoms with van der Waals surface area (Å²) in [5.41, 5.74) is 0.523. The van der Waals surface area contributed by atoms with Gasteiger partial charge in [-0.05, 0) is 31.6 Å². The normalized spacial score (nSPS) is 22.8. The second-order valence-corrected chi connectivity index (χ2v) is 4.83. The molecule has 0 amide bonds. The van der Waals surface area contributed by atoms with Crippen molar-refractivity contribution in [3.63, 3.8) is 0 Å². The Morgan fingerprint density at radius 3 is 2.15 bits per heavy atom. The van der Waals surface area contributed by atoms with Crippen molar-refractivity contribution in [2.24, 2.45) is 15.6 Å². The van der Waals surface area contributed by atoms with Gasteiger partial charge in [0.25, 0.3) is 0 Å². The van der Waals surface area contributed by atoms with E-state index < -0.39 is 0 Å². The molecule has 0 spiro atoms. The second-order valence-electron chi connectivity index (χ2n) is 4.83. The first-order valence-electron chi connectivity index (χ1n) is 5.48. The first kappa shape index (κ1) is 10.7. The zero-order chi connectivity index (χ0) is 9.95. The summed E-state index contributed by atoms with van der Waals surface area (Å²) in [7, 11) is 0. The number of rotatable bonds is 6. The van der Waals surface area contributed by atoms with Gasteiger partial charge in [-0.3, -0.25) is 0 Å². The molecule has 76 valence electrons. The second kappa shape index (κ2) is 3.77. The van der Waals surface area contributed by atoms with Crippen molar-refractivity contribution < 1.29 is 0 Å². The van der Waals surface area contributed by atoms with Crippen LogP contribution in [0, 0.1) is 5.41 Å². The van der Waals surface area contributed by atoms with Gasteiger partial charge in [0.05, 0.1) is 0 Å². The molecule has 1 unspecified atom stereocenters. The van der Waals surface area contributed by atoms with Gasteiger partial charge >= 0.3 is 0 Å². The third kappa shape index (κ3) is 3.09. The van der Waals surface area contributed by atoms with Crippen LogP contribution in [0.2, 0.25) is 0 Å². The molecule has 0 aromatic carbocycles. The van der Waals surface area contributed by atoms with E-state index in [0.717, 1.165) is 6.42 Å². The van der Waals surface area contributed by atoms with E-state index in [1.165, 1.54) is 25.7 Å². The summed E-state index contributed by atoms with van der Waals surface area (Å²) in [6.07, 6.45) is 6.30. The lowest BCUT2D eigenvalue weighted by Crippen LogP contribution is -2.18. The van der Waals surface area contributed by atoms with Crippen molar-refractivity contribution in [3.8, 4) is 0 Å². The standard InChI is InChI=1S/C11H22N2/c1-5-7-10(3,6-2)8-9-11(4)12-13-11/h5-9H2,1-4H3. The van der Waals surface area contributed by atoms with Crippen molar-refractivity contribution in [3.05, 3.63) is 0 Å². The van der Waals surface area contributed by atoms with E-state index in [2.05, 4.69) is 37.9 Å². The first-order valence-corrected chi connectivity index (χ1v) is 5.48. The van der Waals surface area contributed by atoms with E-state index in [1.54, 1.807) is 0 Å². The van der Waals surface area contributed by atoms with Crippen LogP contribution < -0.4 is 0 Å². The molecule has 13 heavy (non-hydrogen) atoms. The molecule has 1 aliphatic heterocycles. The van der Waals surface area contributed by atoms with Gasteiger partial charge in [0.2, 0.25) is 0 Å². The highest BCUT2D eigenvalue weighted by molar-refractivity contribution is 4.90. The van der Waals surface area contributed by atoms with E-state index in [-0.39, 0.29) is 5.66 Å². The summed E-state index contributed by atoms with van der Waals surface area (Å²) in [6, 6.07) is 0. The van der Waals surface area contributed by atoms with Crippen molar-refractivity contribution >= 4 is 0 Å². The van der Waals surface area contributed by atoms with Crippen LogP contribution >= 0.6 is 0 Å². The highest BCUT2D eigenvalue weighted by atomic mass is 15.4. The van der Waals surface area contributed by atoms with Gasteiger partial charge in [-0.2, -0.15) is 10.2 Å². The molecule has 0 aromatic heterocycles. The Balaban J connectivity index is 2.30. The third-order valence-electron chi connectivity index (χ3n) is 3.35. The molecule has 0 bridgehead atoms. The Bertz CT molecular complexity index is 192. The van der Waals surface area contributed by atoms with E-state index in [0.29, 0.717) is 5.41 Å². The smallest absolute Gasteiger partial charge is 0.159 e. The minimum atomic E-state index is 0.00414. The average molecular weight is 182 g/mol. The van der Waals surface area contributed by atoms with Crippen LogP contribution in [0.3, 0.4) is 0 Å². The highest BCUT2D eigenvalue weighted by Crippen LogP contribution is 2.40. The molecule has 0 aromatic rings. The van der Waals surface area contributed by atoms with Crippen LogP contribution in [0.1, 0.15) is 59.8 Å². The van der Waals surface area contributed by atoms with Crippen molar-refractivity contribution in [2.45, 2.75) is 65.5 Å². The quantitative estimate of drug-likeness (QED) is 0.589. The third-order valence-corrected chi connectivity index (χ3v) is 3.35. The number of hydrogen-bond donors (Lipinski definition) is 0. The predicted molar refractivity (Wildman–Crippen MR) is 55.8 cm³/mol. The van der Waals surface area contributed by atoms with Crippen LogP contribution in [-0.4, -0.2) is 5.66 Å². The predicted octanol–water partition coefficient (Wildman–Crippen LogP) is 4.17. The first-order chi connectivity index (χ1) is 6.04. The molecular weight excluding hydrogens is 160 g/mol. The fourth-order valence-corrected chi connectivity index (χ4v) is 1.81. The van der Waals surface area contributed by atoms with Crippen LogP contribution in [-0.2, 0) is 0 Å². The summed E-state index contributed by atoms with van der Waals surface area (Å²) >= 11 is 0. The Labute approximate surface area is 81.8 Å². The van der Waals surface area contributed by atoms with Crippen LogP contribution in [0.4, 0.5) is 0 Å². The maximum Gasteiger partial charge on any atom is 0.188 e. The van der Waals surface area contributed by atoms with Gasteiger partial charge in [-0.25, -0.2) is 0 Å². The molecule has 0 fully saturated rings. The maximum absolute atomic E-state index is 4.06. The fraction of sp³-hybridized carbons (Fsp3) is 1.00. The zero-order valence-corrected chi connectivity index (χ0v) is 9.43. The van der Waals surface area contributed by atoms with Gasteiger partial charge in [-0.1, -0.05) is 33.6 Å². The molecule has 0 saturated carbocycles.